The second-order valence-corrected chi connectivity index (χ2v) is 6.46. The molecule has 1 N–H and O–H groups in total. The molecular formula is C18H17N3O2S. The lowest BCUT2D eigenvalue weighted by atomic mass is 10.2. The number of rotatable bonds is 4. The van der Waals surface area contributed by atoms with Crippen LogP contribution >= 0.6 is 11.3 Å². The van der Waals surface area contributed by atoms with Gasteiger partial charge in [0.2, 0.25) is 5.91 Å². The summed E-state index contributed by atoms with van der Waals surface area (Å²) in [7, 11) is 0. The van der Waals surface area contributed by atoms with Crippen molar-refractivity contribution in [2.45, 2.75) is 19.9 Å². The van der Waals surface area contributed by atoms with Crippen molar-refractivity contribution in [2.75, 3.05) is 5.32 Å². The Hall–Kier alpha value is -2.73. The predicted octanol–water partition coefficient (Wildman–Crippen LogP) is 3.48. The van der Waals surface area contributed by atoms with Crippen molar-refractivity contribution < 1.29 is 4.79 Å². The first-order chi connectivity index (χ1) is 11.5. The van der Waals surface area contributed by atoms with Crippen LogP contribution in [0.25, 0.3) is 10.6 Å². The third kappa shape index (κ3) is 3.44. The molecule has 6 heteroatoms. The summed E-state index contributed by atoms with van der Waals surface area (Å²) in [6, 6.07) is 13.8. The summed E-state index contributed by atoms with van der Waals surface area (Å²) in [5, 5.41) is 9.12. The number of nitrogens with zero attached hydrogens (tertiary/aromatic N) is 2. The SMILES string of the molecule is Cc1cccc(NC(=O)C(C)n2nc(-c3cccs3)ccc2=O)c1. The predicted molar refractivity (Wildman–Crippen MR) is 96.3 cm³/mol. The fourth-order valence-electron chi connectivity index (χ4n) is 2.34. The maximum absolute atomic E-state index is 12.5. The molecule has 0 spiro atoms. The summed E-state index contributed by atoms with van der Waals surface area (Å²) < 4.78 is 1.22. The summed E-state index contributed by atoms with van der Waals surface area (Å²) in [5.74, 6) is -0.279. The van der Waals surface area contributed by atoms with Crippen molar-refractivity contribution in [1.82, 2.24) is 9.78 Å². The molecule has 122 valence electrons. The number of nitrogens with one attached hydrogen (secondary N) is 1. The molecule has 24 heavy (non-hydrogen) atoms. The maximum atomic E-state index is 12.5. The topological polar surface area (TPSA) is 64.0 Å². The lowest BCUT2D eigenvalue weighted by Gasteiger charge is -2.15. The Kier molecular flexibility index (Phi) is 4.57. The molecule has 0 fully saturated rings. The zero-order valence-electron chi connectivity index (χ0n) is 13.4. The molecule has 0 aliphatic rings. The fraction of sp³-hybridized carbons (Fsp3) is 0.167. The van der Waals surface area contributed by atoms with Gasteiger partial charge in [0.25, 0.3) is 5.56 Å². The number of hydrogen-bond acceptors (Lipinski definition) is 4. The van der Waals surface area contributed by atoms with Crippen LogP contribution in [0.5, 0.6) is 0 Å². The van der Waals surface area contributed by atoms with Crippen LogP contribution in [-0.4, -0.2) is 15.7 Å². The Labute approximate surface area is 143 Å². The number of benzene rings is 1. The fourth-order valence-corrected chi connectivity index (χ4v) is 3.03. The van der Waals surface area contributed by atoms with Crippen LogP contribution in [0.3, 0.4) is 0 Å². The van der Waals surface area contributed by atoms with Gasteiger partial charge in [-0.15, -0.1) is 11.3 Å². The highest BCUT2D eigenvalue weighted by atomic mass is 32.1. The largest absolute Gasteiger partial charge is 0.324 e. The molecule has 0 aliphatic heterocycles. The molecule has 1 unspecified atom stereocenters. The first-order valence-corrected chi connectivity index (χ1v) is 8.44. The quantitative estimate of drug-likeness (QED) is 0.791. The van der Waals surface area contributed by atoms with E-state index in [0.29, 0.717) is 11.4 Å². The molecule has 0 bridgehead atoms. The van der Waals surface area contributed by atoms with Crippen molar-refractivity contribution in [2.24, 2.45) is 0 Å². The monoisotopic (exact) mass is 339 g/mol. The van der Waals surface area contributed by atoms with E-state index < -0.39 is 6.04 Å². The minimum absolute atomic E-state index is 0.279. The summed E-state index contributed by atoms with van der Waals surface area (Å²) in [5.41, 5.74) is 2.13. The van der Waals surface area contributed by atoms with Crippen LogP contribution in [0.4, 0.5) is 5.69 Å². The summed E-state index contributed by atoms with van der Waals surface area (Å²) >= 11 is 1.54. The van der Waals surface area contributed by atoms with Gasteiger partial charge in [-0.05, 0) is 49.1 Å². The number of thiophene rings is 1. The molecule has 0 radical (unpaired) electrons. The van der Waals surface area contributed by atoms with E-state index in [1.807, 2.05) is 48.7 Å². The zero-order chi connectivity index (χ0) is 17.1. The van der Waals surface area contributed by atoms with Crippen LogP contribution in [0.1, 0.15) is 18.5 Å². The number of amides is 1. The third-order valence-electron chi connectivity index (χ3n) is 3.63. The molecule has 0 saturated carbocycles. The van der Waals surface area contributed by atoms with Crippen LogP contribution in [0.15, 0.2) is 58.7 Å². The van der Waals surface area contributed by atoms with E-state index >= 15 is 0 Å². The second-order valence-electron chi connectivity index (χ2n) is 5.51. The van der Waals surface area contributed by atoms with Crippen LogP contribution in [-0.2, 0) is 4.79 Å². The first-order valence-electron chi connectivity index (χ1n) is 7.56. The molecule has 5 nitrogen and oxygen atoms in total. The van der Waals surface area contributed by atoms with Crippen molar-refractivity contribution in [1.29, 1.82) is 0 Å². The number of aryl methyl sites for hydroxylation is 1. The molecule has 2 heterocycles. The summed E-state index contributed by atoms with van der Waals surface area (Å²) in [4.78, 5) is 25.5. The van der Waals surface area contributed by atoms with E-state index in [4.69, 9.17) is 0 Å². The van der Waals surface area contributed by atoms with Gasteiger partial charge >= 0.3 is 0 Å². The minimum Gasteiger partial charge on any atom is -0.324 e. The number of carbonyl (C=O) groups is 1. The molecule has 2 aromatic heterocycles. The normalized spacial score (nSPS) is 11.9. The average Bonchev–Trinajstić information content (AvgIpc) is 3.09. The number of anilines is 1. The van der Waals surface area contributed by atoms with Gasteiger partial charge in [-0.2, -0.15) is 5.10 Å². The van der Waals surface area contributed by atoms with Gasteiger partial charge in [-0.1, -0.05) is 18.2 Å². The van der Waals surface area contributed by atoms with Gasteiger partial charge in [0.05, 0.1) is 4.88 Å². The van der Waals surface area contributed by atoms with Crippen molar-refractivity contribution >= 4 is 22.9 Å². The number of carbonyl (C=O) groups excluding carboxylic acids is 1. The smallest absolute Gasteiger partial charge is 0.267 e. The van der Waals surface area contributed by atoms with Crippen molar-refractivity contribution in [3.05, 3.63) is 69.8 Å². The van der Waals surface area contributed by atoms with E-state index in [0.717, 1.165) is 10.4 Å². The molecule has 3 rings (SSSR count). The molecule has 0 saturated heterocycles. The van der Waals surface area contributed by atoms with E-state index in [2.05, 4.69) is 10.4 Å². The van der Waals surface area contributed by atoms with Gasteiger partial charge in [-0.3, -0.25) is 9.59 Å². The standard InChI is InChI=1S/C18H17N3O2S/c1-12-5-3-6-14(11-12)19-18(23)13(2)21-17(22)9-8-15(20-21)16-7-4-10-24-16/h3-11,13H,1-2H3,(H,19,23). The third-order valence-corrected chi connectivity index (χ3v) is 4.52. The van der Waals surface area contributed by atoms with Crippen LogP contribution in [0.2, 0.25) is 0 Å². The van der Waals surface area contributed by atoms with E-state index in [9.17, 15) is 9.59 Å². The lowest BCUT2D eigenvalue weighted by molar-refractivity contribution is -0.119. The zero-order valence-corrected chi connectivity index (χ0v) is 14.2. The molecular weight excluding hydrogens is 322 g/mol. The van der Waals surface area contributed by atoms with Gasteiger partial charge in [0.1, 0.15) is 11.7 Å². The Bertz CT molecular complexity index is 916. The average molecular weight is 339 g/mol. The van der Waals surface area contributed by atoms with Crippen LogP contribution < -0.4 is 10.9 Å². The maximum Gasteiger partial charge on any atom is 0.267 e. The summed E-state index contributed by atoms with van der Waals surface area (Å²) in [6.07, 6.45) is 0. The van der Waals surface area contributed by atoms with E-state index in [1.54, 1.807) is 13.0 Å². The Morgan fingerprint density at radius 3 is 2.75 bits per heavy atom. The molecule has 1 aromatic carbocycles. The van der Waals surface area contributed by atoms with Crippen LogP contribution in [0, 0.1) is 6.92 Å². The Balaban J connectivity index is 1.86. The Morgan fingerprint density at radius 1 is 1.21 bits per heavy atom. The van der Waals surface area contributed by atoms with E-state index in [-0.39, 0.29) is 11.5 Å². The number of aromatic nitrogens is 2. The lowest BCUT2D eigenvalue weighted by Crippen LogP contribution is -2.33. The highest BCUT2D eigenvalue weighted by Crippen LogP contribution is 2.21. The van der Waals surface area contributed by atoms with Gasteiger partial charge in [-0.25, -0.2) is 4.68 Å². The van der Waals surface area contributed by atoms with Crippen molar-refractivity contribution in [3.8, 4) is 10.6 Å². The molecule has 0 aliphatic carbocycles. The minimum atomic E-state index is -0.710. The molecule has 1 atom stereocenters. The summed E-state index contributed by atoms with van der Waals surface area (Å²) in [6.45, 7) is 3.62. The molecule has 3 aromatic rings. The second kappa shape index (κ2) is 6.80. The van der Waals surface area contributed by atoms with Gasteiger partial charge < -0.3 is 5.32 Å². The Morgan fingerprint density at radius 2 is 2.04 bits per heavy atom. The van der Waals surface area contributed by atoms with Gasteiger partial charge in [0, 0.05) is 11.8 Å². The van der Waals surface area contributed by atoms with E-state index in [1.165, 1.54) is 22.1 Å². The number of hydrogen-bond donors (Lipinski definition) is 1. The van der Waals surface area contributed by atoms with Gasteiger partial charge in [0.15, 0.2) is 0 Å². The highest BCUT2D eigenvalue weighted by molar-refractivity contribution is 7.13. The highest BCUT2D eigenvalue weighted by Gasteiger charge is 2.18. The molecule has 1 amide bonds. The van der Waals surface area contributed by atoms with Crippen molar-refractivity contribution in [3.63, 3.8) is 0 Å². The first kappa shape index (κ1) is 16.1.